The van der Waals surface area contributed by atoms with E-state index in [0.717, 1.165) is 5.56 Å². The first-order valence-electron chi connectivity index (χ1n) is 5.07. The number of esters is 1. The lowest BCUT2D eigenvalue weighted by atomic mass is 10.1. The SMILES string of the molecule is Cc1cc(C#N)ccc1C(=O)OC(C)(C)C. The molecule has 0 saturated carbocycles. The van der Waals surface area contributed by atoms with Gasteiger partial charge in [-0.05, 0) is 51.5 Å². The predicted molar refractivity (Wildman–Crippen MR) is 61.1 cm³/mol. The van der Waals surface area contributed by atoms with Crippen LogP contribution in [0.2, 0.25) is 0 Å². The molecule has 0 amide bonds. The van der Waals surface area contributed by atoms with Crippen LogP contribution in [0.25, 0.3) is 0 Å². The van der Waals surface area contributed by atoms with Crippen LogP contribution in [0.15, 0.2) is 18.2 Å². The quantitative estimate of drug-likeness (QED) is 0.679. The molecule has 0 saturated heterocycles. The van der Waals surface area contributed by atoms with E-state index < -0.39 is 5.60 Å². The third-order valence-corrected chi connectivity index (χ3v) is 1.97. The third-order valence-electron chi connectivity index (χ3n) is 1.97. The lowest BCUT2D eigenvalue weighted by molar-refractivity contribution is 0.00688. The summed E-state index contributed by atoms with van der Waals surface area (Å²) in [7, 11) is 0. The fourth-order valence-electron chi connectivity index (χ4n) is 1.30. The van der Waals surface area contributed by atoms with Crippen LogP contribution in [0.5, 0.6) is 0 Å². The van der Waals surface area contributed by atoms with Crippen molar-refractivity contribution >= 4 is 5.97 Å². The van der Waals surface area contributed by atoms with Gasteiger partial charge in [0.05, 0.1) is 17.2 Å². The molecular weight excluding hydrogens is 202 g/mol. The highest BCUT2D eigenvalue weighted by Crippen LogP contribution is 2.16. The minimum Gasteiger partial charge on any atom is -0.456 e. The Kier molecular flexibility index (Phi) is 3.34. The zero-order chi connectivity index (χ0) is 12.3. The van der Waals surface area contributed by atoms with Gasteiger partial charge in [-0.25, -0.2) is 4.79 Å². The standard InChI is InChI=1S/C13H15NO2/c1-9-7-10(8-14)5-6-11(9)12(15)16-13(2,3)4/h5-7H,1-4H3. The topological polar surface area (TPSA) is 50.1 Å². The Morgan fingerprint density at radius 1 is 1.38 bits per heavy atom. The number of nitriles is 1. The second kappa shape index (κ2) is 4.36. The number of benzene rings is 1. The smallest absolute Gasteiger partial charge is 0.338 e. The highest BCUT2D eigenvalue weighted by Gasteiger charge is 2.19. The van der Waals surface area contributed by atoms with Crippen molar-refractivity contribution in [1.29, 1.82) is 5.26 Å². The van der Waals surface area contributed by atoms with E-state index in [4.69, 9.17) is 10.00 Å². The molecule has 0 spiro atoms. The molecule has 1 rings (SSSR count). The average molecular weight is 217 g/mol. The molecule has 0 aliphatic carbocycles. The Balaban J connectivity index is 2.98. The van der Waals surface area contributed by atoms with E-state index in [0.29, 0.717) is 11.1 Å². The van der Waals surface area contributed by atoms with Gasteiger partial charge < -0.3 is 4.74 Å². The van der Waals surface area contributed by atoms with Crippen molar-refractivity contribution in [2.45, 2.75) is 33.3 Å². The van der Waals surface area contributed by atoms with E-state index in [1.54, 1.807) is 25.1 Å². The number of carbonyl (C=O) groups excluding carboxylic acids is 1. The fourth-order valence-corrected chi connectivity index (χ4v) is 1.30. The summed E-state index contributed by atoms with van der Waals surface area (Å²) in [5.41, 5.74) is 1.31. The second-order valence-electron chi connectivity index (χ2n) is 4.64. The van der Waals surface area contributed by atoms with Crippen LogP contribution in [0, 0.1) is 18.3 Å². The Labute approximate surface area is 95.7 Å². The number of nitrogens with zero attached hydrogens (tertiary/aromatic N) is 1. The molecule has 3 nitrogen and oxygen atoms in total. The van der Waals surface area contributed by atoms with Crippen LogP contribution >= 0.6 is 0 Å². The van der Waals surface area contributed by atoms with Crippen molar-refractivity contribution < 1.29 is 9.53 Å². The molecule has 1 aromatic rings. The first kappa shape index (κ1) is 12.3. The number of hydrogen-bond donors (Lipinski definition) is 0. The van der Waals surface area contributed by atoms with Crippen molar-refractivity contribution in [3.63, 3.8) is 0 Å². The minimum absolute atomic E-state index is 0.352. The van der Waals surface area contributed by atoms with Crippen molar-refractivity contribution in [3.05, 3.63) is 34.9 Å². The van der Waals surface area contributed by atoms with Crippen LogP contribution in [0.4, 0.5) is 0 Å². The van der Waals surface area contributed by atoms with E-state index in [2.05, 4.69) is 0 Å². The molecule has 0 aromatic heterocycles. The van der Waals surface area contributed by atoms with Gasteiger partial charge in [0.1, 0.15) is 5.60 Å². The van der Waals surface area contributed by atoms with Crippen LogP contribution in [-0.4, -0.2) is 11.6 Å². The van der Waals surface area contributed by atoms with Gasteiger partial charge in [-0.2, -0.15) is 5.26 Å². The highest BCUT2D eigenvalue weighted by atomic mass is 16.6. The van der Waals surface area contributed by atoms with Gasteiger partial charge in [0, 0.05) is 0 Å². The molecule has 16 heavy (non-hydrogen) atoms. The van der Waals surface area contributed by atoms with Crippen molar-refractivity contribution in [3.8, 4) is 6.07 Å². The summed E-state index contributed by atoms with van der Waals surface area (Å²) in [6.07, 6.45) is 0. The van der Waals surface area contributed by atoms with Gasteiger partial charge in [-0.1, -0.05) is 0 Å². The molecule has 0 heterocycles. The molecule has 0 aliphatic heterocycles. The van der Waals surface area contributed by atoms with Gasteiger partial charge in [0.2, 0.25) is 0 Å². The maximum absolute atomic E-state index is 11.8. The minimum atomic E-state index is -0.503. The number of rotatable bonds is 1. The molecule has 0 fully saturated rings. The summed E-state index contributed by atoms with van der Waals surface area (Å²) < 4.78 is 5.26. The van der Waals surface area contributed by atoms with E-state index in [9.17, 15) is 4.79 Å². The van der Waals surface area contributed by atoms with E-state index in [1.807, 2.05) is 26.8 Å². The fraction of sp³-hybridized carbons (Fsp3) is 0.385. The Bertz CT molecular complexity index is 450. The first-order chi connectivity index (χ1) is 7.33. The Morgan fingerprint density at radius 3 is 2.44 bits per heavy atom. The third kappa shape index (κ3) is 3.09. The molecular formula is C13H15NO2. The lowest BCUT2D eigenvalue weighted by Crippen LogP contribution is -2.24. The maximum atomic E-state index is 11.8. The van der Waals surface area contributed by atoms with Crippen molar-refractivity contribution in [1.82, 2.24) is 0 Å². The molecule has 0 bridgehead atoms. The predicted octanol–water partition coefficient (Wildman–Crippen LogP) is 2.82. The number of carbonyl (C=O) groups is 1. The molecule has 0 aliphatic rings. The van der Waals surface area contributed by atoms with Gasteiger partial charge in [-0.3, -0.25) is 0 Å². The lowest BCUT2D eigenvalue weighted by Gasteiger charge is -2.20. The van der Waals surface area contributed by atoms with E-state index in [1.165, 1.54) is 0 Å². The first-order valence-corrected chi connectivity index (χ1v) is 5.07. The van der Waals surface area contributed by atoms with Crippen LogP contribution < -0.4 is 0 Å². The summed E-state index contributed by atoms with van der Waals surface area (Å²) >= 11 is 0. The van der Waals surface area contributed by atoms with E-state index in [-0.39, 0.29) is 5.97 Å². The Morgan fingerprint density at radius 2 is 2.00 bits per heavy atom. The number of ether oxygens (including phenoxy) is 1. The highest BCUT2D eigenvalue weighted by molar-refractivity contribution is 5.91. The van der Waals surface area contributed by atoms with Crippen molar-refractivity contribution in [2.75, 3.05) is 0 Å². The summed E-state index contributed by atoms with van der Waals surface area (Å²) in [6.45, 7) is 7.26. The molecule has 0 N–H and O–H groups in total. The van der Waals surface area contributed by atoms with Gasteiger partial charge in [0.25, 0.3) is 0 Å². The summed E-state index contributed by atoms with van der Waals surface area (Å²) in [5.74, 6) is -0.352. The van der Waals surface area contributed by atoms with Gasteiger partial charge in [0.15, 0.2) is 0 Å². The number of aryl methyl sites for hydroxylation is 1. The van der Waals surface area contributed by atoms with Gasteiger partial charge in [-0.15, -0.1) is 0 Å². The maximum Gasteiger partial charge on any atom is 0.338 e. The normalized spacial score (nSPS) is 10.7. The zero-order valence-electron chi connectivity index (χ0n) is 10.00. The molecule has 0 atom stereocenters. The van der Waals surface area contributed by atoms with Crippen LogP contribution in [0.1, 0.15) is 42.3 Å². The number of hydrogen-bond acceptors (Lipinski definition) is 3. The average Bonchev–Trinajstić information content (AvgIpc) is 2.14. The molecule has 84 valence electrons. The van der Waals surface area contributed by atoms with Crippen LogP contribution in [0.3, 0.4) is 0 Å². The van der Waals surface area contributed by atoms with Crippen LogP contribution in [-0.2, 0) is 4.74 Å². The Hall–Kier alpha value is -1.82. The molecule has 3 heteroatoms. The van der Waals surface area contributed by atoms with E-state index >= 15 is 0 Å². The molecule has 0 unspecified atom stereocenters. The summed E-state index contributed by atoms with van der Waals surface area (Å²) in [5, 5.41) is 8.71. The summed E-state index contributed by atoms with van der Waals surface area (Å²) in [4.78, 5) is 11.8. The second-order valence-corrected chi connectivity index (χ2v) is 4.64. The van der Waals surface area contributed by atoms with Gasteiger partial charge >= 0.3 is 5.97 Å². The zero-order valence-corrected chi connectivity index (χ0v) is 10.00. The molecule has 0 radical (unpaired) electrons. The monoisotopic (exact) mass is 217 g/mol. The van der Waals surface area contributed by atoms with Crippen molar-refractivity contribution in [2.24, 2.45) is 0 Å². The molecule has 1 aromatic carbocycles. The largest absolute Gasteiger partial charge is 0.456 e. The summed E-state index contributed by atoms with van der Waals surface area (Å²) in [6, 6.07) is 6.95.